The quantitative estimate of drug-likeness (QED) is 0.943. The van der Waals surface area contributed by atoms with E-state index in [1.807, 2.05) is 5.38 Å². The maximum atomic E-state index is 12.3. The highest BCUT2D eigenvalue weighted by Crippen LogP contribution is 2.30. The number of methoxy groups -OCH3 is 1. The molecular weight excluding hydrogens is 272 g/mol. The van der Waals surface area contributed by atoms with E-state index in [2.05, 4.69) is 10.3 Å². The van der Waals surface area contributed by atoms with Gasteiger partial charge in [0.2, 0.25) is 5.88 Å². The van der Waals surface area contributed by atoms with Crippen molar-refractivity contribution < 1.29 is 9.53 Å². The highest BCUT2D eigenvalue weighted by atomic mass is 32.1. The number of anilines is 1. The highest BCUT2D eigenvalue weighted by Gasteiger charge is 2.20. The van der Waals surface area contributed by atoms with Crippen molar-refractivity contribution in [2.45, 2.75) is 25.7 Å². The Kier molecular flexibility index (Phi) is 3.69. The molecule has 0 aliphatic heterocycles. The number of carbonyl (C=O) groups excluding carboxylic acids is 1. The molecule has 104 valence electrons. The molecule has 2 aromatic rings. The average molecular weight is 288 g/mol. The van der Waals surface area contributed by atoms with Crippen molar-refractivity contribution in [3.05, 3.63) is 39.7 Å². The molecule has 20 heavy (non-hydrogen) atoms. The van der Waals surface area contributed by atoms with E-state index in [0.717, 1.165) is 18.4 Å². The smallest absolute Gasteiger partial charge is 0.256 e. The van der Waals surface area contributed by atoms with Crippen molar-refractivity contribution in [2.24, 2.45) is 0 Å². The molecule has 0 spiro atoms. The van der Waals surface area contributed by atoms with Crippen LogP contribution in [0.25, 0.3) is 0 Å². The number of carbonyl (C=O) groups is 1. The zero-order valence-electron chi connectivity index (χ0n) is 11.3. The molecule has 0 atom stereocenters. The van der Waals surface area contributed by atoms with Crippen LogP contribution in [0.5, 0.6) is 5.88 Å². The van der Waals surface area contributed by atoms with Crippen LogP contribution in [0.15, 0.2) is 23.7 Å². The molecule has 1 amide bonds. The first-order valence-electron chi connectivity index (χ1n) is 6.68. The minimum absolute atomic E-state index is 0.0450. The fourth-order valence-electron chi connectivity index (χ4n) is 2.46. The Morgan fingerprint density at radius 2 is 2.20 bits per heavy atom. The maximum absolute atomic E-state index is 12.3. The topological polar surface area (TPSA) is 51.2 Å². The lowest BCUT2D eigenvalue weighted by Gasteiger charge is -2.12. The molecule has 2 aromatic heterocycles. The molecule has 0 radical (unpaired) electrons. The number of amides is 1. The van der Waals surface area contributed by atoms with Gasteiger partial charge in [-0.25, -0.2) is 4.98 Å². The van der Waals surface area contributed by atoms with Crippen molar-refractivity contribution in [2.75, 3.05) is 12.4 Å². The number of nitrogens with zero attached hydrogens (tertiary/aromatic N) is 1. The van der Waals surface area contributed by atoms with Gasteiger partial charge in [-0.2, -0.15) is 0 Å². The summed E-state index contributed by atoms with van der Waals surface area (Å²) in [5.74, 6) is 0.493. The van der Waals surface area contributed by atoms with Gasteiger partial charge in [0.1, 0.15) is 0 Å². The number of fused-ring (bicyclic) bond motifs is 1. The molecule has 0 bridgehead atoms. The Hall–Kier alpha value is -1.88. The number of nitrogens with one attached hydrogen (secondary N) is 1. The zero-order chi connectivity index (χ0) is 13.9. The molecule has 0 fully saturated rings. The summed E-state index contributed by atoms with van der Waals surface area (Å²) >= 11 is 1.70. The van der Waals surface area contributed by atoms with Crippen molar-refractivity contribution >= 4 is 22.9 Å². The van der Waals surface area contributed by atoms with E-state index in [9.17, 15) is 4.79 Å². The van der Waals surface area contributed by atoms with Gasteiger partial charge in [-0.15, -0.1) is 11.3 Å². The van der Waals surface area contributed by atoms with Gasteiger partial charge >= 0.3 is 0 Å². The Morgan fingerprint density at radius 1 is 1.35 bits per heavy atom. The fraction of sp³-hybridized carbons (Fsp3) is 0.333. The van der Waals surface area contributed by atoms with Crippen molar-refractivity contribution in [1.29, 1.82) is 0 Å². The van der Waals surface area contributed by atoms with Gasteiger partial charge in [0.05, 0.1) is 24.6 Å². The summed E-state index contributed by atoms with van der Waals surface area (Å²) in [4.78, 5) is 17.8. The first-order valence-corrected chi connectivity index (χ1v) is 7.56. The number of hydrogen-bond acceptors (Lipinski definition) is 4. The van der Waals surface area contributed by atoms with E-state index in [0.29, 0.717) is 11.6 Å². The van der Waals surface area contributed by atoms with Gasteiger partial charge in [0.15, 0.2) is 0 Å². The number of ether oxygens (including phenoxy) is 1. The lowest BCUT2D eigenvalue weighted by Crippen LogP contribution is -2.14. The van der Waals surface area contributed by atoms with Gasteiger partial charge in [0, 0.05) is 16.3 Å². The monoisotopic (exact) mass is 288 g/mol. The van der Waals surface area contributed by atoms with Crippen LogP contribution in [0, 0.1) is 0 Å². The average Bonchev–Trinajstić information content (AvgIpc) is 2.92. The summed E-state index contributed by atoms with van der Waals surface area (Å²) in [5, 5.41) is 4.87. The lowest BCUT2D eigenvalue weighted by atomic mass is 9.95. The molecule has 3 rings (SSSR count). The molecule has 0 aromatic carbocycles. The standard InChI is InChI=1S/C15H16N2O2S/c1-19-14-7-6-10(8-16-14)17-15(18)12-9-20-13-5-3-2-4-11(12)13/h6-9H,2-5H2,1H3,(H,17,18). The molecule has 1 aliphatic carbocycles. The number of thiophene rings is 1. The Morgan fingerprint density at radius 3 is 2.95 bits per heavy atom. The number of aryl methyl sites for hydroxylation is 1. The van der Waals surface area contributed by atoms with E-state index in [1.54, 1.807) is 36.8 Å². The van der Waals surface area contributed by atoms with Crippen LogP contribution in [0.3, 0.4) is 0 Å². The van der Waals surface area contributed by atoms with E-state index < -0.39 is 0 Å². The van der Waals surface area contributed by atoms with Gasteiger partial charge in [-0.3, -0.25) is 4.79 Å². The normalized spacial score (nSPS) is 13.7. The van der Waals surface area contributed by atoms with Crippen LogP contribution < -0.4 is 10.1 Å². The van der Waals surface area contributed by atoms with Crippen LogP contribution in [0.4, 0.5) is 5.69 Å². The first-order chi connectivity index (χ1) is 9.78. The molecule has 0 unspecified atom stereocenters. The predicted octanol–water partition coefficient (Wildman–Crippen LogP) is 3.28. The summed E-state index contributed by atoms with van der Waals surface area (Å²) in [5.41, 5.74) is 2.74. The minimum Gasteiger partial charge on any atom is -0.481 e. The second-order valence-corrected chi connectivity index (χ2v) is 5.77. The summed E-state index contributed by atoms with van der Waals surface area (Å²) in [7, 11) is 1.57. The van der Waals surface area contributed by atoms with E-state index in [4.69, 9.17) is 4.74 Å². The second-order valence-electron chi connectivity index (χ2n) is 4.80. The molecule has 4 nitrogen and oxygen atoms in total. The SMILES string of the molecule is COc1ccc(NC(=O)c2csc3c2CCCC3)cn1. The summed E-state index contributed by atoms with van der Waals surface area (Å²) in [6.45, 7) is 0. The summed E-state index contributed by atoms with van der Waals surface area (Å²) in [6.07, 6.45) is 6.14. The van der Waals surface area contributed by atoms with E-state index in [-0.39, 0.29) is 5.91 Å². The summed E-state index contributed by atoms with van der Waals surface area (Å²) in [6, 6.07) is 3.53. The van der Waals surface area contributed by atoms with Crippen LogP contribution >= 0.6 is 11.3 Å². The van der Waals surface area contributed by atoms with Crippen LogP contribution in [0.1, 0.15) is 33.6 Å². The number of pyridine rings is 1. The Bertz CT molecular complexity index is 619. The molecule has 0 saturated carbocycles. The summed E-state index contributed by atoms with van der Waals surface area (Å²) < 4.78 is 5.00. The molecule has 1 aliphatic rings. The van der Waals surface area contributed by atoms with Crippen molar-refractivity contribution in [3.63, 3.8) is 0 Å². The van der Waals surface area contributed by atoms with Gasteiger partial charge in [-0.05, 0) is 37.3 Å². The largest absolute Gasteiger partial charge is 0.481 e. The van der Waals surface area contributed by atoms with Gasteiger partial charge in [-0.1, -0.05) is 0 Å². The number of hydrogen-bond donors (Lipinski definition) is 1. The molecule has 0 saturated heterocycles. The van der Waals surface area contributed by atoms with Gasteiger partial charge in [0.25, 0.3) is 5.91 Å². The number of aromatic nitrogens is 1. The third kappa shape index (κ3) is 2.54. The third-order valence-electron chi connectivity index (χ3n) is 3.51. The van der Waals surface area contributed by atoms with E-state index in [1.165, 1.54) is 23.3 Å². The predicted molar refractivity (Wildman–Crippen MR) is 79.7 cm³/mol. The lowest BCUT2D eigenvalue weighted by molar-refractivity contribution is 0.102. The molecular formula is C15H16N2O2S. The zero-order valence-corrected chi connectivity index (χ0v) is 12.1. The fourth-order valence-corrected chi connectivity index (χ4v) is 3.58. The van der Waals surface area contributed by atoms with E-state index >= 15 is 0 Å². The Labute approximate surface area is 121 Å². The first kappa shape index (κ1) is 13.1. The van der Waals surface area contributed by atoms with Gasteiger partial charge < -0.3 is 10.1 Å². The Balaban J connectivity index is 1.77. The van der Waals surface area contributed by atoms with Crippen LogP contribution in [0.2, 0.25) is 0 Å². The third-order valence-corrected chi connectivity index (χ3v) is 4.60. The minimum atomic E-state index is -0.0450. The second kappa shape index (κ2) is 5.63. The van der Waals surface area contributed by atoms with Crippen LogP contribution in [-0.2, 0) is 12.8 Å². The van der Waals surface area contributed by atoms with Crippen molar-refractivity contribution in [3.8, 4) is 5.88 Å². The molecule has 2 heterocycles. The number of rotatable bonds is 3. The molecule has 1 N–H and O–H groups in total. The van der Waals surface area contributed by atoms with Crippen LogP contribution in [-0.4, -0.2) is 18.0 Å². The maximum Gasteiger partial charge on any atom is 0.256 e. The molecule has 5 heteroatoms. The van der Waals surface area contributed by atoms with Crippen molar-refractivity contribution in [1.82, 2.24) is 4.98 Å². The highest BCUT2D eigenvalue weighted by molar-refractivity contribution is 7.10.